The van der Waals surface area contributed by atoms with Crippen molar-refractivity contribution in [2.24, 2.45) is 5.92 Å². The molecule has 14 heavy (non-hydrogen) atoms. The normalized spacial score (nSPS) is 24.9. The first-order valence-electron chi connectivity index (χ1n) is 6.03. The molecule has 0 bridgehead atoms. The summed E-state index contributed by atoms with van der Waals surface area (Å²) < 4.78 is 0. The Bertz CT molecular complexity index is 152. The minimum atomic E-state index is -0.187. The predicted molar refractivity (Wildman–Crippen MR) is 60.3 cm³/mol. The molecule has 1 saturated carbocycles. The Hall–Kier alpha value is -0.0800. The van der Waals surface area contributed by atoms with Gasteiger partial charge in [-0.1, -0.05) is 12.8 Å². The van der Waals surface area contributed by atoms with E-state index in [4.69, 9.17) is 0 Å². The van der Waals surface area contributed by atoms with Crippen LogP contribution in [0.3, 0.4) is 0 Å². The molecule has 1 aliphatic carbocycles. The quantitative estimate of drug-likeness (QED) is 0.712. The fourth-order valence-electron chi connectivity index (χ4n) is 2.62. The van der Waals surface area contributed by atoms with Crippen molar-refractivity contribution in [3.63, 3.8) is 0 Å². The van der Waals surface area contributed by atoms with Crippen molar-refractivity contribution in [2.75, 3.05) is 0 Å². The third-order valence-electron chi connectivity index (χ3n) is 3.35. The first-order valence-corrected chi connectivity index (χ1v) is 6.03. The summed E-state index contributed by atoms with van der Waals surface area (Å²) in [6.07, 6.45) is 6.25. The molecular formula is C12H25NO. The standard InChI is InChI=1S/C12H25NO/c1-9(8-10(2)14)13-11(3)12-6-4-5-7-12/h9-14H,4-8H2,1-3H3. The van der Waals surface area contributed by atoms with E-state index in [1.807, 2.05) is 6.92 Å². The van der Waals surface area contributed by atoms with Crippen LogP contribution in [-0.4, -0.2) is 23.3 Å². The number of hydrogen-bond donors (Lipinski definition) is 2. The fraction of sp³-hybridized carbons (Fsp3) is 1.00. The van der Waals surface area contributed by atoms with Gasteiger partial charge in [0.15, 0.2) is 0 Å². The molecule has 0 radical (unpaired) electrons. The molecule has 0 aromatic heterocycles. The van der Waals surface area contributed by atoms with Crippen molar-refractivity contribution in [1.29, 1.82) is 0 Å². The molecule has 1 fully saturated rings. The minimum Gasteiger partial charge on any atom is -0.393 e. The summed E-state index contributed by atoms with van der Waals surface area (Å²) in [6, 6.07) is 1.05. The fourth-order valence-corrected chi connectivity index (χ4v) is 2.62. The lowest BCUT2D eigenvalue weighted by Gasteiger charge is -2.25. The molecule has 3 unspecified atom stereocenters. The highest BCUT2D eigenvalue weighted by Gasteiger charge is 2.22. The third kappa shape index (κ3) is 3.97. The predicted octanol–water partition coefficient (Wildman–Crippen LogP) is 2.31. The van der Waals surface area contributed by atoms with E-state index < -0.39 is 0 Å². The lowest BCUT2D eigenvalue weighted by atomic mass is 9.98. The molecule has 0 amide bonds. The van der Waals surface area contributed by atoms with Crippen molar-refractivity contribution in [3.05, 3.63) is 0 Å². The molecule has 1 aliphatic rings. The monoisotopic (exact) mass is 199 g/mol. The minimum absolute atomic E-state index is 0.187. The summed E-state index contributed by atoms with van der Waals surface area (Å²) >= 11 is 0. The zero-order valence-electron chi connectivity index (χ0n) is 9.79. The second-order valence-corrected chi connectivity index (χ2v) is 4.99. The molecule has 2 N–H and O–H groups in total. The smallest absolute Gasteiger partial charge is 0.0526 e. The summed E-state index contributed by atoms with van der Waals surface area (Å²) in [7, 11) is 0. The number of hydrogen-bond acceptors (Lipinski definition) is 2. The van der Waals surface area contributed by atoms with Crippen LogP contribution in [0.1, 0.15) is 52.9 Å². The van der Waals surface area contributed by atoms with Gasteiger partial charge >= 0.3 is 0 Å². The van der Waals surface area contributed by atoms with Crippen molar-refractivity contribution >= 4 is 0 Å². The van der Waals surface area contributed by atoms with E-state index in [-0.39, 0.29) is 6.10 Å². The van der Waals surface area contributed by atoms with Gasteiger partial charge in [0.2, 0.25) is 0 Å². The SMILES string of the molecule is CC(O)CC(C)NC(C)C1CCCC1. The van der Waals surface area contributed by atoms with Gasteiger partial charge in [-0.05, 0) is 46.0 Å². The van der Waals surface area contributed by atoms with Gasteiger partial charge in [0, 0.05) is 12.1 Å². The zero-order valence-corrected chi connectivity index (χ0v) is 9.79. The maximum Gasteiger partial charge on any atom is 0.0526 e. The Kier molecular flexibility index (Phi) is 4.90. The van der Waals surface area contributed by atoms with E-state index in [0.29, 0.717) is 12.1 Å². The van der Waals surface area contributed by atoms with Crippen molar-refractivity contribution in [1.82, 2.24) is 5.32 Å². The van der Waals surface area contributed by atoms with Crippen molar-refractivity contribution < 1.29 is 5.11 Å². The van der Waals surface area contributed by atoms with Gasteiger partial charge in [0.1, 0.15) is 0 Å². The van der Waals surface area contributed by atoms with Gasteiger partial charge in [0.25, 0.3) is 0 Å². The van der Waals surface area contributed by atoms with E-state index in [1.165, 1.54) is 25.7 Å². The van der Waals surface area contributed by atoms with E-state index in [1.54, 1.807) is 0 Å². The molecule has 0 aromatic rings. The summed E-state index contributed by atoms with van der Waals surface area (Å²) in [5, 5.41) is 12.9. The largest absolute Gasteiger partial charge is 0.393 e. The second kappa shape index (κ2) is 5.72. The summed E-state index contributed by atoms with van der Waals surface area (Å²) in [5.41, 5.74) is 0. The first-order chi connectivity index (χ1) is 6.59. The third-order valence-corrected chi connectivity index (χ3v) is 3.35. The van der Waals surface area contributed by atoms with E-state index in [0.717, 1.165) is 12.3 Å². The molecular weight excluding hydrogens is 174 g/mol. The Morgan fingerprint density at radius 2 is 1.79 bits per heavy atom. The van der Waals surface area contributed by atoms with E-state index in [9.17, 15) is 5.11 Å². The van der Waals surface area contributed by atoms with Gasteiger partial charge in [-0.25, -0.2) is 0 Å². The maximum atomic E-state index is 9.26. The van der Waals surface area contributed by atoms with Crippen LogP contribution < -0.4 is 5.32 Å². The number of aliphatic hydroxyl groups excluding tert-OH is 1. The van der Waals surface area contributed by atoms with Crippen molar-refractivity contribution in [3.8, 4) is 0 Å². The van der Waals surface area contributed by atoms with Gasteiger partial charge in [0.05, 0.1) is 6.10 Å². The second-order valence-electron chi connectivity index (χ2n) is 4.99. The molecule has 2 nitrogen and oxygen atoms in total. The van der Waals surface area contributed by atoms with E-state index >= 15 is 0 Å². The van der Waals surface area contributed by atoms with Crippen LogP contribution in [-0.2, 0) is 0 Å². The molecule has 0 spiro atoms. The topological polar surface area (TPSA) is 32.3 Å². The van der Waals surface area contributed by atoms with Crippen LogP contribution in [0.15, 0.2) is 0 Å². The van der Waals surface area contributed by atoms with Gasteiger partial charge in [-0.15, -0.1) is 0 Å². The van der Waals surface area contributed by atoms with Crippen LogP contribution in [0.25, 0.3) is 0 Å². The number of rotatable bonds is 5. The molecule has 0 aromatic carbocycles. The summed E-state index contributed by atoms with van der Waals surface area (Å²) in [5.74, 6) is 0.867. The van der Waals surface area contributed by atoms with Gasteiger partial charge < -0.3 is 10.4 Å². The highest BCUT2D eigenvalue weighted by atomic mass is 16.3. The average molecular weight is 199 g/mol. The molecule has 3 atom stereocenters. The Morgan fingerprint density at radius 3 is 2.29 bits per heavy atom. The average Bonchev–Trinajstić information content (AvgIpc) is 2.53. The molecule has 84 valence electrons. The number of nitrogens with one attached hydrogen (secondary N) is 1. The molecule has 0 heterocycles. The summed E-state index contributed by atoms with van der Waals surface area (Å²) in [6.45, 7) is 6.31. The molecule has 1 rings (SSSR count). The summed E-state index contributed by atoms with van der Waals surface area (Å²) in [4.78, 5) is 0. The molecule has 2 heteroatoms. The lowest BCUT2D eigenvalue weighted by molar-refractivity contribution is 0.165. The maximum absolute atomic E-state index is 9.26. The van der Waals surface area contributed by atoms with Crippen LogP contribution in [0.2, 0.25) is 0 Å². The molecule has 0 saturated heterocycles. The number of aliphatic hydroxyl groups is 1. The van der Waals surface area contributed by atoms with Gasteiger partial charge in [-0.3, -0.25) is 0 Å². The Morgan fingerprint density at radius 1 is 1.21 bits per heavy atom. The van der Waals surface area contributed by atoms with Gasteiger partial charge in [-0.2, -0.15) is 0 Å². The van der Waals surface area contributed by atoms with Crippen LogP contribution >= 0.6 is 0 Å². The first kappa shape index (κ1) is 12.0. The van der Waals surface area contributed by atoms with E-state index in [2.05, 4.69) is 19.2 Å². The Labute approximate surface area is 88.1 Å². The Balaban J connectivity index is 2.21. The highest BCUT2D eigenvalue weighted by molar-refractivity contribution is 4.79. The zero-order chi connectivity index (χ0) is 10.6. The highest BCUT2D eigenvalue weighted by Crippen LogP contribution is 2.27. The van der Waals surface area contributed by atoms with Crippen LogP contribution in [0.5, 0.6) is 0 Å². The lowest BCUT2D eigenvalue weighted by Crippen LogP contribution is -2.40. The van der Waals surface area contributed by atoms with Crippen LogP contribution in [0, 0.1) is 5.92 Å². The van der Waals surface area contributed by atoms with Crippen molar-refractivity contribution in [2.45, 2.75) is 71.1 Å². The van der Waals surface area contributed by atoms with Crippen LogP contribution in [0.4, 0.5) is 0 Å². The molecule has 0 aliphatic heterocycles.